The van der Waals surface area contributed by atoms with E-state index in [0.717, 1.165) is 53.6 Å². The van der Waals surface area contributed by atoms with Gasteiger partial charge in [-0.25, -0.2) is 0 Å². The molecule has 0 radical (unpaired) electrons. The summed E-state index contributed by atoms with van der Waals surface area (Å²) < 4.78 is 9.67. The lowest BCUT2D eigenvalue weighted by Crippen LogP contribution is -2.53. The van der Waals surface area contributed by atoms with Crippen molar-refractivity contribution in [3.05, 3.63) is 56.8 Å². The number of ether oxygens (including phenoxy) is 1. The molecule has 2 aliphatic heterocycles. The lowest BCUT2D eigenvalue weighted by atomic mass is 10.0. The van der Waals surface area contributed by atoms with Crippen molar-refractivity contribution in [1.29, 1.82) is 0 Å². The fourth-order valence-corrected chi connectivity index (χ4v) is 6.78. The second-order valence-electron chi connectivity index (χ2n) is 13.2. The summed E-state index contributed by atoms with van der Waals surface area (Å²) in [6.07, 6.45) is 3.35. The molecule has 0 spiro atoms. The molecule has 4 aromatic rings. The molecule has 0 unspecified atom stereocenters. The van der Waals surface area contributed by atoms with E-state index in [1.54, 1.807) is 6.20 Å². The lowest BCUT2D eigenvalue weighted by Gasteiger charge is -2.40. The first kappa shape index (κ1) is 28.6. The van der Waals surface area contributed by atoms with Crippen molar-refractivity contribution in [3.8, 4) is 0 Å². The van der Waals surface area contributed by atoms with E-state index in [1.165, 1.54) is 11.3 Å². The number of nitrogens with zero attached hydrogens (tertiary/aromatic N) is 6. The third-order valence-electron chi connectivity index (χ3n) is 9.17. The van der Waals surface area contributed by atoms with Crippen LogP contribution in [0.4, 0.5) is 0 Å². The van der Waals surface area contributed by atoms with Gasteiger partial charge < -0.3 is 14.6 Å². The summed E-state index contributed by atoms with van der Waals surface area (Å²) in [6.45, 7) is 19.2. The zero-order valence-electron chi connectivity index (χ0n) is 26.0. The molecule has 0 saturated carbocycles. The standard InChI is InChI=1S/C32H43N7O3/c1-19-14-28-25(29-26(30(40)34-28)16-33-38(29)23-8-12-42-13-9-23)15-24(19)31(41)37-11-10-36(20(2)17-37)18-27-21(3)35-39(22(27)4)32(5,6)7/h14-16,20,23H,8-13,17-18H2,1-7H3,(H,34,40)/t20-/m0/s1. The Morgan fingerprint density at radius 1 is 1.10 bits per heavy atom. The summed E-state index contributed by atoms with van der Waals surface area (Å²) >= 11 is 0. The number of benzene rings is 1. The largest absolute Gasteiger partial charge is 0.381 e. The maximum atomic E-state index is 14.0. The van der Waals surface area contributed by atoms with Gasteiger partial charge in [-0.1, -0.05) is 0 Å². The first-order valence-corrected chi connectivity index (χ1v) is 15.1. The molecule has 42 heavy (non-hydrogen) atoms. The first-order chi connectivity index (χ1) is 19.9. The molecule has 2 aliphatic rings. The van der Waals surface area contributed by atoms with Crippen LogP contribution in [0.3, 0.4) is 0 Å². The SMILES string of the molecule is Cc1cc2[nH]c(=O)c3cnn(C4CCOCC4)c3c2cc1C(=O)N1CCN(Cc2c(C)nn(C(C)(C)C)c2C)[C@@H](C)C1. The summed E-state index contributed by atoms with van der Waals surface area (Å²) in [4.78, 5) is 34.4. The summed E-state index contributed by atoms with van der Waals surface area (Å²) in [5.74, 6) is 0.0327. The van der Waals surface area contributed by atoms with Crippen LogP contribution in [0.5, 0.6) is 0 Å². The van der Waals surface area contributed by atoms with Gasteiger partial charge in [0.2, 0.25) is 0 Å². The van der Waals surface area contributed by atoms with Gasteiger partial charge in [0.25, 0.3) is 11.5 Å². The second kappa shape index (κ2) is 10.6. The van der Waals surface area contributed by atoms with Crippen LogP contribution in [0.15, 0.2) is 23.1 Å². The second-order valence-corrected chi connectivity index (χ2v) is 13.2. The Balaban J connectivity index is 1.27. The van der Waals surface area contributed by atoms with Gasteiger partial charge in [-0.2, -0.15) is 10.2 Å². The summed E-state index contributed by atoms with van der Waals surface area (Å²) in [7, 11) is 0. The number of amides is 1. The number of aromatic amines is 1. The molecule has 224 valence electrons. The summed E-state index contributed by atoms with van der Waals surface area (Å²) in [5.41, 5.74) is 6.40. The number of carbonyl (C=O) groups is 1. The van der Waals surface area contributed by atoms with Gasteiger partial charge in [0, 0.05) is 67.6 Å². The summed E-state index contributed by atoms with van der Waals surface area (Å²) in [6, 6.07) is 4.27. The first-order valence-electron chi connectivity index (χ1n) is 15.1. The zero-order valence-corrected chi connectivity index (χ0v) is 26.0. The molecule has 1 aromatic carbocycles. The fraction of sp³-hybridized carbons (Fsp3) is 0.562. The monoisotopic (exact) mass is 573 g/mol. The third-order valence-corrected chi connectivity index (χ3v) is 9.17. The van der Waals surface area contributed by atoms with Crippen molar-refractivity contribution < 1.29 is 9.53 Å². The number of H-pyrrole nitrogens is 1. The maximum Gasteiger partial charge on any atom is 0.259 e. The van der Waals surface area contributed by atoms with Crippen molar-refractivity contribution in [2.24, 2.45) is 0 Å². The Kier molecular flexibility index (Phi) is 7.25. The van der Waals surface area contributed by atoms with E-state index < -0.39 is 0 Å². The maximum absolute atomic E-state index is 14.0. The minimum absolute atomic E-state index is 0.0327. The number of fused-ring (bicyclic) bond motifs is 3. The van der Waals surface area contributed by atoms with E-state index in [9.17, 15) is 9.59 Å². The van der Waals surface area contributed by atoms with Crippen LogP contribution in [0, 0.1) is 20.8 Å². The average molecular weight is 574 g/mol. The Morgan fingerprint density at radius 3 is 2.50 bits per heavy atom. The highest BCUT2D eigenvalue weighted by atomic mass is 16.5. The van der Waals surface area contributed by atoms with Gasteiger partial charge in [-0.15, -0.1) is 0 Å². The molecule has 0 aliphatic carbocycles. The molecule has 5 heterocycles. The van der Waals surface area contributed by atoms with E-state index >= 15 is 0 Å². The molecule has 2 saturated heterocycles. The smallest absolute Gasteiger partial charge is 0.259 e. The van der Waals surface area contributed by atoms with Crippen LogP contribution >= 0.6 is 0 Å². The molecule has 10 heteroatoms. The number of piperazine rings is 1. The predicted octanol–water partition coefficient (Wildman–Crippen LogP) is 4.45. The van der Waals surface area contributed by atoms with Crippen LogP contribution in [-0.4, -0.2) is 79.1 Å². The van der Waals surface area contributed by atoms with Crippen LogP contribution in [-0.2, 0) is 16.8 Å². The molecule has 2 fully saturated rings. The highest BCUT2D eigenvalue weighted by Crippen LogP contribution is 2.31. The van der Waals surface area contributed by atoms with Gasteiger partial charge in [-0.05, 0) is 79.0 Å². The van der Waals surface area contributed by atoms with Gasteiger partial charge in [-0.3, -0.25) is 23.9 Å². The predicted molar refractivity (Wildman–Crippen MR) is 164 cm³/mol. The van der Waals surface area contributed by atoms with Crippen LogP contribution in [0.2, 0.25) is 0 Å². The van der Waals surface area contributed by atoms with Crippen molar-refractivity contribution in [1.82, 2.24) is 34.3 Å². The van der Waals surface area contributed by atoms with Crippen molar-refractivity contribution in [2.45, 2.75) is 85.5 Å². The molecule has 1 amide bonds. The minimum Gasteiger partial charge on any atom is -0.381 e. The van der Waals surface area contributed by atoms with E-state index in [0.29, 0.717) is 37.3 Å². The topological polar surface area (TPSA) is 101 Å². The summed E-state index contributed by atoms with van der Waals surface area (Å²) in [5, 5.41) is 10.9. The Hall–Kier alpha value is -3.50. The van der Waals surface area contributed by atoms with Crippen molar-refractivity contribution >= 4 is 27.7 Å². The number of nitrogens with one attached hydrogen (secondary N) is 1. The lowest BCUT2D eigenvalue weighted by molar-refractivity contribution is 0.0493. The molecule has 10 nitrogen and oxygen atoms in total. The molecule has 1 N–H and O–H groups in total. The van der Waals surface area contributed by atoms with E-state index in [-0.39, 0.29) is 29.1 Å². The third kappa shape index (κ3) is 4.94. The Bertz CT molecular complexity index is 1720. The number of carbonyl (C=O) groups excluding carboxylic acids is 1. The quantitative estimate of drug-likeness (QED) is 0.387. The van der Waals surface area contributed by atoms with Crippen LogP contribution in [0.25, 0.3) is 21.8 Å². The Morgan fingerprint density at radius 2 is 1.83 bits per heavy atom. The highest BCUT2D eigenvalue weighted by molar-refractivity contribution is 6.07. The van der Waals surface area contributed by atoms with E-state index in [1.807, 2.05) is 28.6 Å². The fourth-order valence-electron chi connectivity index (χ4n) is 6.78. The van der Waals surface area contributed by atoms with E-state index in [2.05, 4.69) is 61.2 Å². The normalized spacial score (nSPS) is 19.3. The van der Waals surface area contributed by atoms with Crippen molar-refractivity contribution in [2.75, 3.05) is 32.8 Å². The van der Waals surface area contributed by atoms with Crippen molar-refractivity contribution in [3.63, 3.8) is 0 Å². The number of aryl methyl sites for hydroxylation is 2. The number of pyridine rings is 1. The average Bonchev–Trinajstić information content (AvgIpc) is 3.52. The molecular weight excluding hydrogens is 530 g/mol. The molecule has 1 atom stereocenters. The highest BCUT2D eigenvalue weighted by Gasteiger charge is 2.31. The van der Waals surface area contributed by atoms with Gasteiger partial charge in [0.1, 0.15) is 0 Å². The molecule has 6 rings (SSSR count). The van der Waals surface area contributed by atoms with Gasteiger partial charge >= 0.3 is 0 Å². The Labute approximate surface area is 246 Å². The molecule has 3 aromatic heterocycles. The molecular formula is C32H43N7O3. The van der Waals surface area contributed by atoms with Crippen LogP contribution in [0.1, 0.15) is 79.5 Å². The number of hydrogen-bond donors (Lipinski definition) is 1. The van der Waals surface area contributed by atoms with Gasteiger partial charge in [0.05, 0.1) is 39.9 Å². The number of hydrogen-bond acceptors (Lipinski definition) is 6. The molecule has 0 bridgehead atoms. The minimum atomic E-state index is -0.155. The van der Waals surface area contributed by atoms with E-state index in [4.69, 9.17) is 9.84 Å². The number of aromatic nitrogens is 5. The number of rotatable bonds is 4. The van der Waals surface area contributed by atoms with Gasteiger partial charge in [0.15, 0.2) is 0 Å². The zero-order chi connectivity index (χ0) is 29.9. The van der Waals surface area contributed by atoms with Crippen LogP contribution < -0.4 is 5.56 Å².